The minimum atomic E-state index is -1.17. The summed E-state index contributed by atoms with van der Waals surface area (Å²) < 4.78 is 21.7. The molecule has 0 spiro atoms. The number of Topliss-reactive ketones (excluding diaryl/α,β-unsaturated/α-hetero) is 1. The first-order valence-corrected chi connectivity index (χ1v) is 13.0. The number of rotatable bonds is 10. The Balaban J connectivity index is 2.56. The largest absolute Gasteiger partial charge is 0.466 e. The van der Waals surface area contributed by atoms with Crippen molar-refractivity contribution >= 4 is 29.7 Å². The summed E-state index contributed by atoms with van der Waals surface area (Å²) in [5.41, 5.74) is -1.63. The molecule has 0 radical (unpaired) electrons. The van der Waals surface area contributed by atoms with Crippen LogP contribution in [-0.2, 0) is 42.9 Å². The molecule has 0 aromatic heterocycles. The van der Waals surface area contributed by atoms with Crippen molar-refractivity contribution in [2.45, 2.75) is 105 Å². The predicted octanol–water partition coefficient (Wildman–Crippen LogP) is 3.22. The highest BCUT2D eigenvalue weighted by molar-refractivity contribution is 6.01. The first-order valence-electron chi connectivity index (χ1n) is 13.0. The number of esters is 4. The zero-order chi connectivity index (χ0) is 29.1. The van der Waals surface area contributed by atoms with Crippen LogP contribution in [0.3, 0.4) is 0 Å². The van der Waals surface area contributed by atoms with Gasteiger partial charge in [0.05, 0.1) is 12.2 Å². The van der Waals surface area contributed by atoms with E-state index in [9.17, 15) is 29.1 Å². The molecule has 0 amide bonds. The van der Waals surface area contributed by atoms with Crippen LogP contribution in [0.1, 0.15) is 87.5 Å². The second-order valence-electron chi connectivity index (χ2n) is 11.4. The van der Waals surface area contributed by atoms with Crippen molar-refractivity contribution in [1.29, 1.82) is 0 Å². The van der Waals surface area contributed by atoms with Crippen molar-refractivity contribution in [3.05, 3.63) is 11.1 Å². The van der Waals surface area contributed by atoms with E-state index in [1.807, 2.05) is 6.92 Å². The number of allylic oxidation sites excluding steroid dienone is 1. The fraction of sp³-hybridized carbons (Fsp3) is 0.750. The maximum Gasteiger partial charge on any atom is 0.303 e. The van der Waals surface area contributed by atoms with Crippen LogP contribution in [0.25, 0.3) is 0 Å². The Morgan fingerprint density at radius 2 is 1.53 bits per heavy atom. The third-order valence-electron chi connectivity index (χ3n) is 8.18. The van der Waals surface area contributed by atoms with Crippen LogP contribution < -0.4 is 0 Å². The molecule has 0 aromatic rings. The summed E-state index contributed by atoms with van der Waals surface area (Å²) in [6.07, 6.45) is -0.0140. The summed E-state index contributed by atoms with van der Waals surface area (Å²) >= 11 is 0. The molecule has 6 atom stereocenters. The van der Waals surface area contributed by atoms with Gasteiger partial charge in [0.1, 0.15) is 12.7 Å². The lowest BCUT2D eigenvalue weighted by molar-refractivity contribution is -0.202. The Kier molecular flexibility index (Phi) is 9.91. The van der Waals surface area contributed by atoms with Crippen LogP contribution in [-0.4, -0.2) is 65.8 Å². The molecule has 0 saturated heterocycles. The predicted molar refractivity (Wildman–Crippen MR) is 135 cm³/mol. The third kappa shape index (κ3) is 7.01. The minimum Gasteiger partial charge on any atom is -0.466 e. The Labute approximate surface area is 224 Å². The minimum absolute atomic E-state index is 0.0677. The molecule has 1 fully saturated rings. The number of fused-ring (bicyclic) bond motifs is 1. The van der Waals surface area contributed by atoms with Crippen molar-refractivity contribution in [2.24, 2.45) is 16.7 Å². The number of hydrogen-bond donors (Lipinski definition) is 1. The average molecular weight is 539 g/mol. The molecule has 1 saturated carbocycles. The molecule has 0 aliphatic heterocycles. The van der Waals surface area contributed by atoms with Crippen LogP contribution in [0.2, 0.25) is 0 Å². The fourth-order valence-corrected chi connectivity index (χ4v) is 6.35. The van der Waals surface area contributed by atoms with Gasteiger partial charge in [-0.1, -0.05) is 19.4 Å². The standard InChI is InChI=1S/C28H42O10/c1-16-21(9-11-26(6,34)13-14-35-17(2)29)27(7)12-10-22(37-19(4)31)28(8,15-36-18(3)30)25(27)24(23(16)33)38-20(5)32/h22,24-25,34H,9-15H2,1-8H3/t22-,24-,25-,26-,27-,28+/m1/s1. The Bertz CT molecular complexity index is 996. The molecule has 2 rings (SSSR count). The molecule has 10 nitrogen and oxygen atoms in total. The van der Waals surface area contributed by atoms with Gasteiger partial charge in [0.25, 0.3) is 0 Å². The van der Waals surface area contributed by atoms with Crippen LogP contribution in [0.15, 0.2) is 11.1 Å². The van der Waals surface area contributed by atoms with Gasteiger partial charge in [-0.3, -0.25) is 24.0 Å². The highest BCUT2D eigenvalue weighted by atomic mass is 16.6. The van der Waals surface area contributed by atoms with Gasteiger partial charge in [0, 0.05) is 45.4 Å². The zero-order valence-electron chi connectivity index (χ0n) is 23.8. The molecule has 2 aliphatic carbocycles. The van der Waals surface area contributed by atoms with Crippen LogP contribution in [0, 0.1) is 16.7 Å². The molecule has 0 aromatic carbocycles. The summed E-state index contributed by atoms with van der Waals surface area (Å²) in [5.74, 6) is -3.12. The van der Waals surface area contributed by atoms with Gasteiger partial charge in [-0.15, -0.1) is 0 Å². The van der Waals surface area contributed by atoms with Crippen molar-refractivity contribution in [1.82, 2.24) is 0 Å². The Hall–Kier alpha value is -2.75. The van der Waals surface area contributed by atoms with Gasteiger partial charge in [-0.25, -0.2) is 0 Å². The summed E-state index contributed by atoms with van der Waals surface area (Å²) in [5, 5.41) is 11.0. The first-order chi connectivity index (χ1) is 17.4. The molecular formula is C28H42O10. The van der Waals surface area contributed by atoms with Crippen LogP contribution in [0.4, 0.5) is 0 Å². The maximum atomic E-state index is 13.7. The molecule has 38 heavy (non-hydrogen) atoms. The van der Waals surface area contributed by atoms with E-state index >= 15 is 0 Å². The normalized spacial score (nSPS) is 30.6. The number of carbonyl (C=O) groups excluding carboxylic acids is 5. The first kappa shape index (κ1) is 31.5. The van der Waals surface area contributed by atoms with Gasteiger partial charge in [-0.2, -0.15) is 0 Å². The smallest absolute Gasteiger partial charge is 0.303 e. The van der Waals surface area contributed by atoms with Crippen LogP contribution in [0.5, 0.6) is 0 Å². The molecule has 0 heterocycles. The van der Waals surface area contributed by atoms with Gasteiger partial charge < -0.3 is 24.1 Å². The second kappa shape index (κ2) is 12.0. The van der Waals surface area contributed by atoms with Crippen LogP contribution >= 0.6 is 0 Å². The van der Waals surface area contributed by atoms with E-state index in [0.717, 1.165) is 5.57 Å². The number of ketones is 1. The summed E-state index contributed by atoms with van der Waals surface area (Å²) in [6.45, 7) is 12.2. The maximum absolute atomic E-state index is 13.7. The average Bonchev–Trinajstić information content (AvgIpc) is 2.77. The Morgan fingerprint density at radius 1 is 0.947 bits per heavy atom. The summed E-state index contributed by atoms with van der Waals surface area (Å²) in [7, 11) is 0. The molecule has 1 N–H and O–H groups in total. The molecule has 214 valence electrons. The topological polar surface area (TPSA) is 143 Å². The van der Waals surface area contributed by atoms with Crippen molar-refractivity contribution in [3.63, 3.8) is 0 Å². The molecule has 0 bridgehead atoms. The van der Waals surface area contributed by atoms with Gasteiger partial charge in [-0.05, 0) is 50.5 Å². The highest BCUT2D eigenvalue weighted by Gasteiger charge is 2.64. The number of carbonyl (C=O) groups is 5. The van der Waals surface area contributed by atoms with E-state index < -0.39 is 58.4 Å². The van der Waals surface area contributed by atoms with E-state index in [1.54, 1.807) is 20.8 Å². The SMILES string of the molecule is CC(=O)OCC[C@](C)(O)CCC1=C(C)C(=O)[C@@H](OC(C)=O)[C@H]2[C@@](C)(COC(C)=O)[C@H](OC(C)=O)CC[C@]12C. The van der Waals surface area contributed by atoms with Gasteiger partial charge in [0.15, 0.2) is 11.9 Å². The van der Waals surface area contributed by atoms with Crippen molar-refractivity contribution in [2.75, 3.05) is 13.2 Å². The third-order valence-corrected chi connectivity index (χ3v) is 8.18. The van der Waals surface area contributed by atoms with Crippen molar-refractivity contribution < 1.29 is 48.0 Å². The summed E-state index contributed by atoms with van der Waals surface area (Å²) in [4.78, 5) is 60.8. The second-order valence-corrected chi connectivity index (χ2v) is 11.4. The van der Waals surface area contributed by atoms with E-state index in [1.165, 1.54) is 27.7 Å². The van der Waals surface area contributed by atoms with Crippen molar-refractivity contribution in [3.8, 4) is 0 Å². The van der Waals surface area contributed by atoms with Gasteiger partial charge >= 0.3 is 23.9 Å². The molecule has 2 aliphatic rings. The molecule has 0 unspecified atom stereocenters. The van der Waals surface area contributed by atoms with E-state index in [-0.39, 0.29) is 25.4 Å². The Morgan fingerprint density at radius 3 is 2.05 bits per heavy atom. The fourth-order valence-electron chi connectivity index (χ4n) is 6.35. The highest BCUT2D eigenvalue weighted by Crippen LogP contribution is 2.61. The number of ether oxygens (including phenoxy) is 4. The number of hydrogen-bond acceptors (Lipinski definition) is 10. The quantitative estimate of drug-likeness (QED) is 0.325. The van der Waals surface area contributed by atoms with E-state index in [2.05, 4.69) is 0 Å². The monoisotopic (exact) mass is 538 g/mol. The lowest BCUT2D eigenvalue weighted by atomic mass is 9.47. The summed E-state index contributed by atoms with van der Waals surface area (Å²) in [6, 6.07) is 0. The number of aliphatic hydroxyl groups is 1. The lowest BCUT2D eigenvalue weighted by Crippen LogP contribution is -2.63. The van der Waals surface area contributed by atoms with Gasteiger partial charge in [0.2, 0.25) is 0 Å². The molecular weight excluding hydrogens is 496 g/mol. The lowest BCUT2D eigenvalue weighted by Gasteiger charge is -2.59. The van der Waals surface area contributed by atoms with E-state index in [4.69, 9.17) is 18.9 Å². The molecule has 10 heteroatoms. The zero-order valence-corrected chi connectivity index (χ0v) is 23.8. The van der Waals surface area contributed by atoms with E-state index in [0.29, 0.717) is 31.3 Å².